The van der Waals surface area contributed by atoms with Crippen LogP contribution < -0.4 is 0 Å². The zero-order valence-electron chi connectivity index (χ0n) is 10.5. The molecule has 0 aromatic heterocycles. The van der Waals surface area contributed by atoms with Crippen LogP contribution in [-0.4, -0.2) is 25.5 Å². The Morgan fingerprint density at radius 2 is 1.93 bits per heavy atom. The molecule has 0 atom stereocenters. The molecule has 1 nitrogen and oxygen atoms in total. The summed E-state index contributed by atoms with van der Waals surface area (Å²) in [6, 6.07) is 8.99. The molecular formula is C14H23N. The highest BCUT2D eigenvalue weighted by Crippen LogP contribution is 2.16. The number of nitrogens with zero attached hydrogens (tertiary/aromatic N) is 1. The molecule has 0 unspecified atom stereocenters. The Morgan fingerprint density at radius 3 is 2.53 bits per heavy atom. The van der Waals surface area contributed by atoms with E-state index in [0.717, 1.165) is 0 Å². The molecule has 1 heteroatoms. The second-order valence-corrected chi connectivity index (χ2v) is 4.81. The fraction of sp³-hybridized carbons (Fsp3) is 0.571. The van der Waals surface area contributed by atoms with Crippen LogP contribution in [0.4, 0.5) is 0 Å². The summed E-state index contributed by atoms with van der Waals surface area (Å²) >= 11 is 0. The van der Waals surface area contributed by atoms with Gasteiger partial charge in [-0.15, -0.1) is 0 Å². The van der Waals surface area contributed by atoms with Gasteiger partial charge in [0.25, 0.3) is 0 Å². The Bertz CT molecular complexity index is 289. The number of hydrogen-bond donors (Lipinski definition) is 0. The van der Waals surface area contributed by atoms with Gasteiger partial charge in [-0.05, 0) is 50.5 Å². The van der Waals surface area contributed by atoms with E-state index in [1.165, 1.54) is 30.5 Å². The first-order valence-corrected chi connectivity index (χ1v) is 5.83. The van der Waals surface area contributed by atoms with Crippen LogP contribution in [0.15, 0.2) is 24.3 Å². The van der Waals surface area contributed by atoms with E-state index in [1.54, 1.807) is 0 Å². The van der Waals surface area contributed by atoms with Crippen LogP contribution in [-0.2, 0) is 6.42 Å². The molecule has 0 amide bonds. The summed E-state index contributed by atoms with van der Waals surface area (Å²) in [6.45, 7) is 5.67. The molecule has 0 fully saturated rings. The minimum atomic E-state index is 0.638. The normalized spacial score (nSPS) is 11.3. The standard InChI is InChI=1S/C14H23N/c1-12(2)14-9-5-7-13(11-14)8-6-10-15(3)4/h5,7,9,11-12H,6,8,10H2,1-4H3. The molecule has 0 radical (unpaired) electrons. The minimum Gasteiger partial charge on any atom is -0.309 e. The van der Waals surface area contributed by atoms with Crippen molar-refractivity contribution in [1.82, 2.24) is 4.90 Å². The van der Waals surface area contributed by atoms with Gasteiger partial charge in [0.1, 0.15) is 0 Å². The second kappa shape index (κ2) is 5.92. The summed E-state index contributed by atoms with van der Waals surface area (Å²) in [6.07, 6.45) is 2.44. The van der Waals surface area contributed by atoms with Crippen molar-refractivity contribution in [2.24, 2.45) is 0 Å². The van der Waals surface area contributed by atoms with Gasteiger partial charge in [0.05, 0.1) is 0 Å². The van der Waals surface area contributed by atoms with Crippen molar-refractivity contribution >= 4 is 0 Å². The first kappa shape index (κ1) is 12.3. The van der Waals surface area contributed by atoms with Gasteiger partial charge in [0.15, 0.2) is 0 Å². The lowest BCUT2D eigenvalue weighted by atomic mass is 9.99. The fourth-order valence-electron chi connectivity index (χ4n) is 1.71. The lowest BCUT2D eigenvalue weighted by molar-refractivity contribution is 0.400. The predicted molar refractivity (Wildman–Crippen MR) is 67.4 cm³/mol. The average Bonchev–Trinajstić information content (AvgIpc) is 2.17. The molecule has 84 valence electrons. The lowest BCUT2D eigenvalue weighted by Crippen LogP contribution is -2.13. The van der Waals surface area contributed by atoms with Crippen LogP contribution in [0.2, 0.25) is 0 Å². The molecule has 1 aromatic rings. The van der Waals surface area contributed by atoms with Crippen molar-refractivity contribution in [3.8, 4) is 0 Å². The van der Waals surface area contributed by atoms with Gasteiger partial charge in [-0.25, -0.2) is 0 Å². The third kappa shape index (κ3) is 4.48. The van der Waals surface area contributed by atoms with Gasteiger partial charge in [0, 0.05) is 0 Å². The Hall–Kier alpha value is -0.820. The number of benzene rings is 1. The molecule has 1 aromatic carbocycles. The van der Waals surface area contributed by atoms with Crippen molar-refractivity contribution in [3.63, 3.8) is 0 Å². The van der Waals surface area contributed by atoms with Crippen molar-refractivity contribution in [2.75, 3.05) is 20.6 Å². The summed E-state index contributed by atoms with van der Waals surface area (Å²) in [5.41, 5.74) is 2.93. The van der Waals surface area contributed by atoms with E-state index in [4.69, 9.17) is 0 Å². The highest BCUT2D eigenvalue weighted by Gasteiger charge is 2.00. The van der Waals surface area contributed by atoms with Crippen LogP contribution in [0.25, 0.3) is 0 Å². The Balaban J connectivity index is 2.50. The Morgan fingerprint density at radius 1 is 1.20 bits per heavy atom. The van der Waals surface area contributed by atoms with Crippen LogP contribution in [0.3, 0.4) is 0 Å². The number of aryl methyl sites for hydroxylation is 1. The monoisotopic (exact) mass is 205 g/mol. The van der Waals surface area contributed by atoms with E-state index >= 15 is 0 Å². The van der Waals surface area contributed by atoms with E-state index in [-0.39, 0.29) is 0 Å². The van der Waals surface area contributed by atoms with Crippen LogP contribution in [0.5, 0.6) is 0 Å². The average molecular weight is 205 g/mol. The largest absolute Gasteiger partial charge is 0.309 e. The second-order valence-electron chi connectivity index (χ2n) is 4.81. The van der Waals surface area contributed by atoms with E-state index in [0.29, 0.717) is 5.92 Å². The summed E-state index contributed by atoms with van der Waals surface area (Å²) in [5.74, 6) is 0.638. The highest BCUT2D eigenvalue weighted by molar-refractivity contribution is 5.25. The summed E-state index contributed by atoms with van der Waals surface area (Å²) in [4.78, 5) is 2.24. The molecule has 0 aliphatic heterocycles. The quantitative estimate of drug-likeness (QED) is 0.713. The van der Waals surface area contributed by atoms with Crippen LogP contribution in [0, 0.1) is 0 Å². The maximum absolute atomic E-state index is 2.35. The van der Waals surface area contributed by atoms with Gasteiger partial charge in [-0.2, -0.15) is 0 Å². The Kier molecular flexibility index (Phi) is 4.83. The van der Waals surface area contributed by atoms with Crippen molar-refractivity contribution in [1.29, 1.82) is 0 Å². The van der Waals surface area contributed by atoms with Gasteiger partial charge >= 0.3 is 0 Å². The topological polar surface area (TPSA) is 3.24 Å². The molecule has 0 aliphatic rings. The fourth-order valence-corrected chi connectivity index (χ4v) is 1.71. The predicted octanol–water partition coefficient (Wildman–Crippen LogP) is 3.30. The third-order valence-electron chi connectivity index (χ3n) is 2.69. The van der Waals surface area contributed by atoms with Gasteiger partial charge in [0.2, 0.25) is 0 Å². The molecule has 0 saturated carbocycles. The maximum Gasteiger partial charge on any atom is -0.00217 e. The first-order chi connectivity index (χ1) is 7.09. The SMILES string of the molecule is CC(C)c1cccc(CCCN(C)C)c1. The van der Waals surface area contributed by atoms with Crippen LogP contribution in [0.1, 0.15) is 37.3 Å². The molecule has 0 bridgehead atoms. The van der Waals surface area contributed by atoms with E-state index in [2.05, 4.69) is 57.1 Å². The number of hydrogen-bond acceptors (Lipinski definition) is 1. The smallest absolute Gasteiger partial charge is 0.00217 e. The zero-order valence-corrected chi connectivity index (χ0v) is 10.5. The molecule has 0 spiro atoms. The summed E-state index contributed by atoms with van der Waals surface area (Å²) in [5, 5.41) is 0. The number of rotatable bonds is 5. The van der Waals surface area contributed by atoms with E-state index in [9.17, 15) is 0 Å². The molecule has 0 saturated heterocycles. The maximum atomic E-state index is 2.35. The lowest BCUT2D eigenvalue weighted by Gasteiger charge is -2.10. The van der Waals surface area contributed by atoms with Gasteiger partial charge in [-0.1, -0.05) is 38.1 Å². The van der Waals surface area contributed by atoms with E-state index < -0.39 is 0 Å². The molecule has 15 heavy (non-hydrogen) atoms. The molecule has 0 aliphatic carbocycles. The van der Waals surface area contributed by atoms with Gasteiger partial charge < -0.3 is 4.90 Å². The molecule has 0 N–H and O–H groups in total. The third-order valence-corrected chi connectivity index (χ3v) is 2.69. The van der Waals surface area contributed by atoms with Crippen molar-refractivity contribution < 1.29 is 0 Å². The molecular weight excluding hydrogens is 182 g/mol. The highest BCUT2D eigenvalue weighted by atomic mass is 15.0. The van der Waals surface area contributed by atoms with Gasteiger partial charge in [-0.3, -0.25) is 0 Å². The summed E-state index contributed by atoms with van der Waals surface area (Å²) < 4.78 is 0. The first-order valence-electron chi connectivity index (χ1n) is 5.83. The van der Waals surface area contributed by atoms with Crippen molar-refractivity contribution in [3.05, 3.63) is 35.4 Å². The Labute approximate surface area is 94.1 Å². The van der Waals surface area contributed by atoms with E-state index in [1.807, 2.05) is 0 Å². The molecule has 0 heterocycles. The van der Waals surface area contributed by atoms with Crippen molar-refractivity contribution in [2.45, 2.75) is 32.6 Å². The zero-order chi connectivity index (χ0) is 11.3. The minimum absolute atomic E-state index is 0.638. The molecule has 1 rings (SSSR count). The summed E-state index contributed by atoms with van der Waals surface area (Å²) in [7, 11) is 4.26. The van der Waals surface area contributed by atoms with Crippen LogP contribution >= 0.6 is 0 Å².